The summed E-state index contributed by atoms with van der Waals surface area (Å²) in [5.41, 5.74) is 0. The molecule has 0 rings (SSSR count). The van der Waals surface area contributed by atoms with Gasteiger partial charge < -0.3 is 33.8 Å². The second-order valence-corrected chi connectivity index (χ2v) is 32.1. The van der Waals surface area contributed by atoms with Crippen LogP contribution in [0.3, 0.4) is 0 Å². The standard InChI is InChI=1S/C83H158O17P2/c1-5-9-13-17-21-25-28-31-34-36-37-38-39-40-42-45-48-51-54-58-62-66-70-83(88)100-79(74-94-81(86)68-64-60-56-52-49-46-44-41-35-32-29-26-22-18-14-10-6-2)76-98-102(91,92)96-72-77(84)71-95-101(89,90)97-75-78(73-93-80(85)67-63-59-55-24-20-16-12-8-4)99-82(87)69-65-61-57-53-50-47-43-33-30-27-23-19-15-11-7-3/h27,30,33,43,77-79,84H,5-26,28-29,31-32,34-42,44-76H2,1-4H3,(H,89,90)(H,91,92)/b30-27-,43-33-/t77-,78+,79+/m0/s1. The number of aliphatic hydroxyl groups is 1. The van der Waals surface area contributed by atoms with Gasteiger partial charge in [0, 0.05) is 25.7 Å². The molecular formula is C83H158O17P2. The Bertz CT molecular complexity index is 2020. The third kappa shape index (κ3) is 75.8. The van der Waals surface area contributed by atoms with Crippen LogP contribution in [0.4, 0.5) is 0 Å². The maximum Gasteiger partial charge on any atom is 0.472 e. The molecule has 5 atom stereocenters. The Morgan fingerprint density at radius 1 is 0.275 bits per heavy atom. The fourth-order valence-electron chi connectivity index (χ4n) is 12.5. The number of aliphatic hydroxyl groups excluding tert-OH is 1. The van der Waals surface area contributed by atoms with Gasteiger partial charge in [0.2, 0.25) is 0 Å². The summed E-state index contributed by atoms with van der Waals surface area (Å²) in [6.07, 6.45) is 73.2. The van der Waals surface area contributed by atoms with Crippen molar-refractivity contribution in [2.75, 3.05) is 39.6 Å². The highest BCUT2D eigenvalue weighted by Gasteiger charge is 2.30. The molecule has 0 aliphatic heterocycles. The minimum atomic E-state index is -4.97. The van der Waals surface area contributed by atoms with Gasteiger partial charge in [-0.05, 0) is 51.4 Å². The summed E-state index contributed by atoms with van der Waals surface area (Å²) in [6.45, 7) is 4.94. The zero-order valence-electron chi connectivity index (χ0n) is 66.1. The minimum absolute atomic E-state index is 0.0855. The van der Waals surface area contributed by atoms with Crippen LogP contribution in [0.25, 0.3) is 0 Å². The average molecular weight is 1490 g/mol. The van der Waals surface area contributed by atoms with E-state index in [0.29, 0.717) is 25.7 Å². The molecule has 0 bridgehead atoms. The van der Waals surface area contributed by atoms with Crippen molar-refractivity contribution in [3.63, 3.8) is 0 Å². The number of ether oxygens (including phenoxy) is 4. The van der Waals surface area contributed by atoms with E-state index in [9.17, 15) is 43.2 Å². The van der Waals surface area contributed by atoms with Gasteiger partial charge in [0.25, 0.3) is 0 Å². The fraction of sp³-hybridized carbons (Fsp3) is 0.904. The van der Waals surface area contributed by atoms with E-state index >= 15 is 0 Å². The summed E-state index contributed by atoms with van der Waals surface area (Å²) in [5, 5.41) is 10.6. The molecule has 0 aromatic heterocycles. The van der Waals surface area contributed by atoms with Gasteiger partial charge in [0.15, 0.2) is 12.2 Å². The van der Waals surface area contributed by atoms with Gasteiger partial charge in [0.05, 0.1) is 26.4 Å². The second kappa shape index (κ2) is 76.7. The molecule has 102 heavy (non-hydrogen) atoms. The molecule has 17 nitrogen and oxygen atoms in total. The van der Waals surface area contributed by atoms with Crippen molar-refractivity contribution in [2.45, 2.75) is 444 Å². The molecular weight excluding hydrogens is 1330 g/mol. The molecule has 0 radical (unpaired) electrons. The van der Waals surface area contributed by atoms with Crippen LogP contribution in [0.15, 0.2) is 24.3 Å². The third-order valence-corrected chi connectivity index (χ3v) is 20.9. The molecule has 2 unspecified atom stereocenters. The Labute approximate surface area is 624 Å². The van der Waals surface area contributed by atoms with E-state index in [2.05, 4.69) is 52.0 Å². The molecule has 0 saturated heterocycles. The molecule has 0 aromatic rings. The maximum absolute atomic E-state index is 13.1. The molecule has 0 heterocycles. The van der Waals surface area contributed by atoms with E-state index in [0.717, 1.165) is 109 Å². The molecule has 3 N–H and O–H groups in total. The first-order valence-electron chi connectivity index (χ1n) is 42.6. The van der Waals surface area contributed by atoms with Crippen molar-refractivity contribution in [1.82, 2.24) is 0 Å². The highest BCUT2D eigenvalue weighted by molar-refractivity contribution is 7.47. The largest absolute Gasteiger partial charge is 0.472 e. The van der Waals surface area contributed by atoms with Gasteiger partial charge in [-0.3, -0.25) is 37.3 Å². The Kier molecular flexibility index (Phi) is 74.9. The lowest BCUT2D eigenvalue weighted by Crippen LogP contribution is -2.30. The summed E-state index contributed by atoms with van der Waals surface area (Å²) in [5.74, 6) is -2.14. The first-order valence-corrected chi connectivity index (χ1v) is 45.6. The van der Waals surface area contributed by atoms with Crippen LogP contribution < -0.4 is 0 Å². The first kappa shape index (κ1) is 99.5. The van der Waals surface area contributed by atoms with Crippen molar-refractivity contribution in [2.24, 2.45) is 0 Å². The highest BCUT2D eigenvalue weighted by Crippen LogP contribution is 2.45. The number of rotatable bonds is 82. The SMILES string of the molecule is CCCCCC/C=C\C=C/CCCCCCCC(=O)O[C@H](COC(=O)CCCCCCCCCC)COP(=O)(O)OC[C@H](O)COP(=O)(O)OC[C@@H](COC(=O)CCCCCCCCCCCCCCCCCCC)OC(=O)CCCCCCCCCCCCCCCCCCCCCCCC. The van der Waals surface area contributed by atoms with Crippen molar-refractivity contribution >= 4 is 39.5 Å². The lowest BCUT2D eigenvalue weighted by Gasteiger charge is -2.21. The summed E-state index contributed by atoms with van der Waals surface area (Å²) < 4.78 is 68.6. The van der Waals surface area contributed by atoms with Crippen LogP contribution in [0.1, 0.15) is 426 Å². The van der Waals surface area contributed by atoms with Crippen LogP contribution in [0.5, 0.6) is 0 Å². The maximum atomic E-state index is 13.1. The van der Waals surface area contributed by atoms with E-state index in [1.807, 2.05) is 0 Å². The molecule has 0 fully saturated rings. The third-order valence-electron chi connectivity index (χ3n) is 19.0. The zero-order valence-corrected chi connectivity index (χ0v) is 67.9. The van der Waals surface area contributed by atoms with Crippen LogP contribution >= 0.6 is 15.6 Å². The summed E-state index contributed by atoms with van der Waals surface area (Å²) in [6, 6.07) is 0. The number of esters is 4. The van der Waals surface area contributed by atoms with Gasteiger partial charge in [-0.1, -0.05) is 373 Å². The van der Waals surface area contributed by atoms with Gasteiger partial charge >= 0.3 is 39.5 Å². The van der Waals surface area contributed by atoms with E-state index < -0.39 is 97.5 Å². The lowest BCUT2D eigenvalue weighted by molar-refractivity contribution is -0.161. The number of hydrogen-bond donors (Lipinski definition) is 3. The topological polar surface area (TPSA) is 237 Å². The zero-order chi connectivity index (χ0) is 74.6. The molecule has 0 spiro atoms. The Hall–Kier alpha value is -2.46. The molecule has 0 amide bonds. The molecule has 19 heteroatoms. The Balaban J connectivity index is 5.21. The van der Waals surface area contributed by atoms with Gasteiger partial charge in [-0.15, -0.1) is 0 Å². The summed E-state index contributed by atoms with van der Waals surface area (Å²) >= 11 is 0. The smallest absolute Gasteiger partial charge is 0.462 e. The number of allylic oxidation sites excluding steroid dienone is 4. The lowest BCUT2D eigenvalue weighted by atomic mass is 10.0. The number of hydrogen-bond acceptors (Lipinski definition) is 15. The number of carbonyl (C=O) groups excluding carboxylic acids is 4. The highest BCUT2D eigenvalue weighted by atomic mass is 31.2. The predicted molar refractivity (Wildman–Crippen MR) is 418 cm³/mol. The van der Waals surface area contributed by atoms with Gasteiger partial charge in [-0.2, -0.15) is 0 Å². The van der Waals surface area contributed by atoms with Gasteiger partial charge in [-0.25, -0.2) is 9.13 Å². The van der Waals surface area contributed by atoms with Crippen LogP contribution in [-0.2, 0) is 65.4 Å². The number of phosphoric ester groups is 2. The van der Waals surface area contributed by atoms with Crippen LogP contribution in [-0.4, -0.2) is 96.7 Å². The minimum Gasteiger partial charge on any atom is -0.462 e. The Morgan fingerprint density at radius 2 is 0.471 bits per heavy atom. The van der Waals surface area contributed by atoms with Crippen molar-refractivity contribution in [3.8, 4) is 0 Å². The van der Waals surface area contributed by atoms with Gasteiger partial charge in [0.1, 0.15) is 19.3 Å². The molecule has 0 aliphatic carbocycles. The monoisotopic (exact) mass is 1490 g/mol. The summed E-state index contributed by atoms with van der Waals surface area (Å²) in [4.78, 5) is 73.0. The van der Waals surface area contributed by atoms with Crippen LogP contribution in [0.2, 0.25) is 0 Å². The predicted octanol–water partition coefficient (Wildman–Crippen LogP) is 24.9. The number of phosphoric acid groups is 2. The van der Waals surface area contributed by atoms with E-state index in [1.54, 1.807) is 0 Å². The van der Waals surface area contributed by atoms with E-state index in [1.165, 1.54) is 238 Å². The Morgan fingerprint density at radius 3 is 0.716 bits per heavy atom. The molecule has 602 valence electrons. The fourth-order valence-corrected chi connectivity index (χ4v) is 14.0. The quantitative estimate of drug-likeness (QED) is 0.0169. The van der Waals surface area contributed by atoms with E-state index in [-0.39, 0.29) is 25.7 Å². The van der Waals surface area contributed by atoms with E-state index in [4.69, 9.17) is 37.0 Å². The summed E-state index contributed by atoms with van der Waals surface area (Å²) in [7, 11) is -9.93. The number of unbranched alkanes of at least 4 members (excludes halogenated alkanes) is 53. The molecule has 0 saturated carbocycles. The van der Waals surface area contributed by atoms with Crippen molar-refractivity contribution < 1.29 is 80.2 Å². The second-order valence-electron chi connectivity index (χ2n) is 29.2. The van der Waals surface area contributed by atoms with Crippen molar-refractivity contribution in [1.29, 1.82) is 0 Å². The number of carbonyl (C=O) groups is 4. The molecule has 0 aliphatic rings. The van der Waals surface area contributed by atoms with Crippen molar-refractivity contribution in [3.05, 3.63) is 24.3 Å². The van der Waals surface area contributed by atoms with Crippen LogP contribution in [0, 0.1) is 0 Å². The first-order chi connectivity index (χ1) is 49.7. The average Bonchev–Trinajstić information content (AvgIpc) is 0.949. The molecule has 0 aromatic carbocycles. The normalized spacial score (nSPS) is 13.9.